The van der Waals surface area contributed by atoms with E-state index in [1.54, 1.807) is 23.5 Å². The highest BCUT2D eigenvalue weighted by Crippen LogP contribution is 2.35. The molecule has 180 valence electrons. The summed E-state index contributed by atoms with van der Waals surface area (Å²) in [5.41, 5.74) is 5.25. The molecule has 2 heterocycles. The fraction of sp³-hybridized carbons (Fsp3) is 0.517. The number of piperidine rings is 1. The average molecular weight is 479 g/mol. The Balaban J connectivity index is 1.15. The van der Waals surface area contributed by atoms with E-state index in [1.807, 2.05) is 23.7 Å². The Hall–Kier alpha value is -2.11. The normalized spacial score (nSPS) is 23.9. The molecule has 1 aliphatic carbocycles. The summed E-state index contributed by atoms with van der Waals surface area (Å²) < 4.78 is 14.4. The van der Waals surface area contributed by atoms with Gasteiger partial charge in [0.1, 0.15) is 11.6 Å². The van der Waals surface area contributed by atoms with E-state index in [9.17, 15) is 9.18 Å². The van der Waals surface area contributed by atoms with Gasteiger partial charge in [-0.1, -0.05) is 31.0 Å². The molecule has 0 bridgehead atoms. The fourth-order valence-corrected chi connectivity index (χ4v) is 6.91. The number of carbonyl (C=O) groups excluding carboxylic acids is 1. The average Bonchev–Trinajstić information content (AvgIpc) is 3.30. The van der Waals surface area contributed by atoms with Crippen LogP contribution < -0.4 is 0 Å². The highest BCUT2D eigenvalue weighted by Gasteiger charge is 2.30. The van der Waals surface area contributed by atoms with Gasteiger partial charge in [-0.05, 0) is 91.8 Å². The number of likely N-dealkylation sites (tertiary alicyclic amines) is 1. The molecule has 0 spiro atoms. The van der Waals surface area contributed by atoms with E-state index < -0.39 is 0 Å². The maximum atomic E-state index is 13.3. The van der Waals surface area contributed by atoms with Gasteiger partial charge in [0, 0.05) is 25.9 Å². The van der Waals surface area contributed by atoms with Gasteiger partial charge < -0.3 is 4.90 Å². The van der Waals surface area contributed by atoms with Crippen LogP contribution in [0, 0.1) is 23.6 Å². The van der Waals surface area contributed by atoms with Crippen molar-refractivity contribution in [2.24, 2.45) is 17.8 Å². The van der Waals surface area contributed by atoms with Crippen molar-refractivity contribution in [1.29, 1.82) is 0 Å². The summed E-state index contributed by atoms with van der Waals surface area (Å²) in [5.74, 6) is 2.02. The monoisotopic (exact) mass is 478 g/mol. The van der Waals surface area contributed by atoms with Gasteiger partial charge in [0.15, 0.2) is 0 Å². The lowest BCUT2D eigenvalue weighted by Crippen LogP contribution is -2.41. The molecule has 2 aliphatic rings. The second-order valence-corrected chi connectivity index (χ2v) is 11.4. The van der Waals surface area contributed by atoms with E-state index in [2.05, 4.69) is 22.0 Å². The van der Waals surface area contributed by atoms with Crippen LogP contribution in [0.4, 0.5) is 4.39 Å². The lowest BCUT2D eigenvalue weighted by molar-refractivity contribution is -0.120. The van der Waals surface area contributed by atoms with Crippen LogP contribution >= 0.6 is 11.3 Å². The van der Waals surface area contributed by atoms with Crippen LogP contribution in [0.2, 0.25) is 0 Å². The van der Waals surface area contributed by atoms with Crippen molar-refractivity contribution in [3.05, 3.63) is 64.9 Å². The van der Waals surface area contributed by atoms with Crippen molar-refractivity contribution in [1.82, 2.24) is 9.88 Å². The third-order valence-electron chi connectivity index (χ3n) is 7.89. The number of hydrogen-bond acceptors (Lipinski definition) is 4. The fourth-order valence-electron chi connectivity index (χ4n) is 6.16. The Morgan fingerprint density at radius 2 is 1.79 bits per heavy atom. The molecule has 5 heteroatoms. The van der Waals surface area contributed by atoms with Gasteiger partial charge >= 0.3 is 0 Å². The number of carbonyl (C=O) groups is 1. The summed E-state index contributed by atoms with van der Waals surface area (Å²) in [7, 11) is 0. The second kappa shape index (κ2) is 11.1. The van der Waals surface area contributed by atoms with Gasteiger partial charge in [0.2, 0.25) is 0 Å². The molecule has 3 atom stereocenters. The van der Waals surface area contributed by atoms with E-state index >= 15 is 0 Å². The SMILES string of the molecule is O=C(Cc1ccc2ncsc2c1)C[C@@H]1CCCC[C@H]1CN1CCC[C@@H](Cc2ccc(F)cc2)C1. The third-order valence-corrected chi connectivity index (χ3v) is 8.68. The molecule has 1 aromatic heterocycles. The standard InChI is InChI=1S/C29H35FN2OS/c30-26-10-7-21(8-11-26)14-23-4-3-13-32(18-23)19-25-6-2-1-5-24(25)17-27(33)15-22-9-12-28-29(16-22)34-20-31-28/h7-12,16,20,23-25H,1-6,13-15,17-19H2/t23-,24-,25-/m0/s1. The molecule has 2 fully saturated rings. The zero-order valence-electron chi connectivity index (χ0n) is 19.9. The zero-order valence-corrected chi connectivity index (χ0v) is 20.7. The number of ketones is 1. The first-order chi connectivity index (χ1) is 16.6. The molecule has 1 aliphatic heterocycles. The summed E-state index contributed by atoms with van der Waals surface area (Å²) >= 11 is 1.64. The molecule has 2 aromatic carbocycles. The first-order valence-electron chi connectivity index (χ1n) is 12.9. The molecular formula is C29H35FN2OS. The molecule has 0 unspecified atom stereocenters. The van der Waals surface area contributed by atoms with Crippen LogP contribution in [0.15, 0.2) is 48.0 Å². The van der Waals surface area contributed by atoms with E-state index in [0.29, 0.717) is 30.0 Å². The van der Waals surface area contributed by atoms with Crippen molar-refractivity contribution in [2.75, 3.05) is 19.6 Å². The second-order valence-electron chi connectivity index (χ2n) is 10.5. The Morgan fingerprint density at radius 1 is 1.00 bits per heavy atom. The van der Waals surface area contributed by atoms with Crippen LogP contribution in [0.3, 0.4) is 0 Å². The van der Waals surface area contributed by atoms with Crippen molar-refractivity contribution in [3.63, 3.8) is 0 Å². The number of Topliss-reactive ketones (excluding diaryl/α,β-unsaturated/α-hetero) is 1. The van der Waals surface area contributed by atoms with Crippen molar-refractivity contribution >= 4 is 27.3 Å². The van der Waals surface area contributed by atoms with Gasteiger partial charge in [0.05, 0.1) is 15.7 Å². The highest BCUT2D eigenvalue weighted by molar-refractivity contribution is 7.16. The van der Waals surface area contributed by atoms with Gasteiger partial charge in [0.25, 0.3) is 0 Å². The summed E-state index contributed by atoms with van der Waals surface area (Å²) in [6.07, 6.45) is 9.79. The van der Waals surface area contributed by atoms with Gasteiger partial charge in [-0.15, -0.1) is 11.3 Å². The van der Waals surface area contributed by atoms with Crippen LogP contribution in [-0.4, -0.2) is 35.3 Å². The highest BCUT2D eigenvalue weighted by atomic mass is 32.1. The molecular weight excluding hydrogens is 443 g/mol. The molecule has 3 aromatic rings. The molecule has 0 amide bonds. The van der Waals surface area contributed by atoms with E-state index in [4.69, 9.17) is 0 Å². The number of rotatable bonds is 8. The Morgan fingerprint density at radius 3 is 2.65 bits per heavy atom. The quantitative estimate of drug-likeness (QED) is 0.361. The summed E-state index contributed by atoms with van der Waals surface area (Å²) in [4.78, 5) is 20.0. The summed E-state index contributed by atoms with van der Waals surface area (Å²) in [5, 5.41) is 0. The van der Waals surface area contributed by atoms with Gasteiger partial charge in [-0.3, -0.25) is 4.79 Å². The number of nitrogens with zero attached hydrogens (tertiary/aromatic N) is 2. The van der Waals surface area contributed by atoms with Gasteiger partial charge in [-0.2, -0.15) is 0 Å². The zero-order chi connectivity index (χ0) is 23.3. The number of benzene rings is 2. The first-order valence-corrected chi connectivity index (χ1v) is 13.8. The maximum Gasteiger partial charge on any atom is 0.137 e. The molecule has 34 heavy (non-hydrogen) atoms. The van der Waals surface area contributed by atoms with Crippen LogP contribution in [0.5, 0.6) is 0 Å². The van der Waals surface area contributed by atoms with Crippen molar-refractivity contribution in [3.8, 4) is 0 Å². The largest absolute Gasteiger partial charge is 0.303 e. The predicted octanol–water partition coefficient (Wildman–Crippen LogP) is 6.70. The third kappa shape index (κ3) is 6.11. The Labute approximate surface area is 206 Å². The topological polar surface area (TPSA) is 33.2 Å². The summed E-state index contributed by atoms with van der Waals surface area (Å²) in [6.45, 7) is 3.43. The molecule has 1 saturated carbocycles. The first kappa shape index (κ1) is 23.6. The molecule has 0 radical (unpaired) electrons. The number of aromatic nitrogens is 1. The molecule has 5 rings (SSSR count). The minimum atomic E-state index is -0.156. The van der Waals surface area contributed by atoms with E-state index in [1.165, 1.54) is 55.3 Å². The number of fused-ring (bicyclic) bond motifs is 1. The number of halogens is 1. The summed E-state index contributed by atoms with van der Waals surface area (Å²) in [6, 6.07) is 13.3. The molecule has 1 saturated heterocycles. The lowest BCUT2D eigenvalue weighted by Gasteiger charge is -2.39. The Bertz CT molecular complexity index is 1090. The van der Waals surface area contributed by atoms with Gasteiger partial charge in [-0.25, -0.2) is 9.37 Å². The van der Waals surface area contributed by atoms with Crippen LogP contribution in [0.25, 0.3) is 10.2 Å². The maximum absolute atomic E-state index is 13.3. The number of thiazole rings is 1. The molecule has 3 nitrogen and oxygen atoms in total. The van der Waals surface area contributed by atoms with E-state index in [-0.39, 0.29) is 5.82 Å². The van der Waals surface area contributed by atoms with E-state index in [0.717, 1.165) is 37.0 Å². The van der Waals surface area contributed by atoms with Crippen LogP contribution in [0.1, 0.15) is 56.1 Å². The van der Waals surface area contributed by atoms with Crippen molar-refractivity contribution < 1.29 is 9.18 Å². The molecule has 0 N–H and O–H groups in total. The number of hydrogen-bond donors (Lipinski definition) is 0. The van der Waals surface area contributed by atoms with Crippen molar-refractivity contribution in [2.45, 2.75) is 57.8 Å². The minimum absolute atomic E-state index is 0.156. The lowest BCUT2D eigenvalue weighted by atomic mass is 9.75. The van der Waals surface area contributed by atoms with Crippen LogP contribution in [-0.2, 0) is 17.6 Å². The Kier molecular flexibility index (Phi) is 7.70. The predicted molar refractivity (Wildman–Crippen MR) is 138 cm³/mol. The minimum Gasteiger partial charge on any atom is -0.303 e. The smallest absolute Gasteiger partial charge is 0.137 e.